The molecular formula is C22H20N2O5S. The molecule has 1 heterocycles. The molecule has 3 aromatic rings. The third-order valence-electron chi connectivity index (χ3n) is 4.70. The fraction of sp³-hybridized carbons (Fsp3) is 0.136. The van der Waals surface area contributed by atoms with Crippen molar-refractivity contribution in [3.63, 3.8) is 0 Å². The van der Waals surface area contributed by atoms with E-state index in [2.05, 4.69) is 5.32 Å². The lowest BCUT2D eigenvalue weighted by Gasteiger charge is -2.34. The molecule has 1 aliphatic heterocycles. The summed E-state index contributed by atoms with van der Waals surface area (Å²) in [5, 5.41) is 2.76. The van der Waals surface area contributed by atoms with Crippen LogP contribution in [0.15, 0.2) is 83.8 Å². The van der Waals surface area contributed by atoms with Crippen molar-refractivity contribution in [2.75, 3.05) is 23.3 Å². The molecule has 1 amide bonds. The zero-order chi connectivity index (χ0) is 21.1. The number of rotatable bonds is 5. The van der Waals surface area contributed by atoms with Crippen LogP contribution in [0.1, 0.15) is 0 Å². The number of carbonyl (C=O) groups is 1. The Hall–Kier alpha value is -3.52. The summed E-state index contributed by atoms with van der Waals surface area (Å²) < 4.78 is 38.8. The number of nitrogens with one attached hydrogen (secondary N) is 1. The molecule has 1 N–H and O–H groups in total. The second kappa shape index (κ2) is 8.08. The zero-order valence-corrected chi connectivity index (χ0v) is 17.0. The summed E-state index contributed by atoms with van der Waals surface area (Å²) in [7, 11) is -2.34. The molecule has 0 saturated heterocycles. The van der Waals surface area contributed by atoms with Crippen LogP contribution >= 0.6 is 0 Å². The Morgan fingerprint density at radius 3 is 2.53 bits per heavy atom. The Kier molecular flexibility index (Phi) is 5.33. The summed E-state index contributed by atoms with van der Waals surface area (Å²) in [6.45, 7) is -0.149. The van der Waals surface area contributed by atoms with Crippen molar-refractivity contribution in [2.24, 2.45) is 0 Å². The summed E-state index contributed by atoms with van der Waals surface area (Å²) >= 11 is 0. The van der Waals surface area contributed by atoms with E-state index in [1.54, 1.807) is 66.7 Å². The summed E-state index contributed by atoms with van der Waals surface area (Å²) in [5.41, 5.74) is 0.922. The van der Waals surface area contributed by atoms with Crippen molar-refractivity contribution in [3.8, 4) is 11.5 Å². The van der Waals surface area contributed by atoms with Gasteiger partial charge in [0, 0.05) is 11.8 Å². The first-order valence-electron chi connectivity index (χ1n) is 9.27. The summed E-state index contributed by atoms with van der Waals surface area (Å²) in [6, 6.07) is 21.8. The van der Waals surface area contributed by atoms with Gasteiger partial charge >= 0.3 is 0 Å². The van der Waals surface area contributed by atoms with E-state index in [1.807, 2.05) is 0 Å². The van der Waals surface area contributed by atoms with E-state index in [4.69, 9.17) is 9.47 Å². The van der Waals surface area contributed by atoms with E-state index in [-0.39, 0.29) is 11.4 Å². The van der Waals surface area contributed by atoms with Crippen LogP contribution in [0.5, 0.6) is 11.5 Å². The van der Waals surface area contributed by atoms with Crippen molar-refractivity contribution in [1.29, 1.82) is 0 Å². The Labute approximate surface area is 174 Å². The fourth-order valence-electron chi connectivity index (χ4n) is 3.21. The van der Waals surface area contributed by atoms with E-state index >= 15 is 0 Å². The molecule has 4 rings (SSSR count). The number of carbonyl (C=O) groups excluding carboxylic acids is 1. The second-order valence-electron chi connectivity index (χ2n) is 6.64. The van der Waals surface area contributed by atoms with Crippen molar-refractivity contribution >= 4 is 27.3 Å². The molecule has 0 bridgehead atoms. The maximum absolute atomic E-state index is 13.3. The average molecular weight is 424 g/mol. The smallest absolute Gasteiger partial charge is 0.267 e. The Bertz CT molecular complexity index is 1160. The number of ether oxygens (including phenoxy) is 2. The predicted octanol–water partition coefficient (Wildman–Crippen LogP) is 3.29. The van der Waals surface area contributed by atoms with Gasteiger partial charge in [0.25, 0.3) is 15.9 Å². The van der Waals surface area contributed by atoms with Crippen molar-refractivity contribution in [1.82, 2.24) is 0 Å². The Morgan fingerprint density at radius 1 is 1.03 bits per heavy atom. The number of sulfonamides is 1. The van der Waals surface area contributed by atoms with Gasteiger partial charge in [-0.2, -0.15) is 0 Å². The molecule has 0 aromatic heterocycles. The highest BCUT2D eigenvalue weighted by Crippen LogP contribution is 2.37. The lowest BCUT2D eigenvalue weighted by atomic mass is 10.2. The van der Waals surface area contributed by atoms with Crippen molar-refractivity contribution in [2.45, 2.75) is 11.0 Å². The minimum absolute atomic E-state index is 0.147. The number of methoxy groups -OCH3 is 1. The van der Waals surface area contributed by atoms with Crippen LogP contribution in [0, 0.1) is 0 Å². The van der Waals surface area contributed by atoms with Gasteiger partial charge in [0.2, 0.25) is 0 Å². The number of anilines is 2. The van der Waals surface area contributed by atoms with E-state index in [1.165, 1.54) is 23.5 Å². The molecule has 1 unspecified atom stereocenters. The maximum atomic E-state index is 13.3. The summed E-state index contributed by atoms with van der Waals surface area (Å²) in [6.07, 6.45) is -1.02. The standard InChI is InChI=1S/C22H20N2O5S/c1-28-17-9-7-8-16(14-17)23-22(25)21-15-24(19-12-5-6-13-20(19)29-21)30(26,27)18-10-3-2-4-11-18/h2-14,21H,15H2,1H3,(H,23,25). The van der Waals surface area contributed by atoms with Crippen LogP contribution in [-0.2, 0) is 14.8 Å². The molecule has 0 aliphatic carbocycles. The van der Waals surface area contributed by atoms with Gasteiger partial charge in [-0.1, -0.05) is 36.4 Å². The SMILES string of the molecule is COc1cccc(NC(=O)C2CN(S(=O)(=O)c3ccccc3)c3ccccc3O2)c1. The highest BCUT2D eigenvalue weighted by Gasteiger charge is 2.37. The third-order valence-corrected chi connectivity index (χ3v) is 6.49. The van der Waals surface area contributed by atoms with Crippen molar-refractivity contribution < 1.29 is 22.7 Å². The lowest BCUT2D eigenvalue weighted by Crippen LogP contribution is -2.48. The summed E-state index contributed by atoms with van der Waals surface area (Å²) in [4.78, 5) is 13.0. The first-order chi connectivity index (χ1) is 14.5. The number of para-hydroxylation sites is 2. The molecule has 0 radical (unpaired) electrons. The normalized spacial score (nSPS) is 15.6. The van der Waals surface area contributed by atoms with Crippen LogP contribution in [0.2, 0.25) is 0 Å². The molecule has 7 nitrogen and oxygen atoms in total. The van der Waals surface area contributed by atoms with E-state index in [9.17, 15) is 13.2 Å². The lowest BCUT2D eigenvalue weighted by molar-refractivity contribution is -0.122. The molecule has 0 fully saturated rings. The monoisotopic (exact) mass is 424 g/mol. The van der Waals surface area contributed by atoms with E-state index < -0.39 is 22.0 Å². The number of amides is 1. The zero-order valence-electron chi connectivity index (χ0n) is 16.2. The van der Waals surface area contributed by atoms with Gasteiger partial charge in [-0.3, -0.25) is 9.10 Å². The van der Waals surface area contributed by atoms with Gasteiger partial charge in [-0.05, 0) is 36.4 Å². The number of benzene rings is 3. The molecule has 154 valence electrons. The Balaban J connectivity index is 1.65. The molecule has 8 heteroatoms. The fourth-order valence-corrected chi connectivity index (χ4v) is 4.71. The number of nitrogens with zero attached hydrogens (tertiary/aromatic N) is 1. The third kappa shape index (κ3) is 3.81. The molecular weight excluding hydrogens is 404 g/mol. The van der Waals surface area contributed by atoms with Gasteiger partial charge in [0.15, 0.2) is 6.10 Å². The summed E-state index contributed by atoms with van der Waals surface area (Å²) in [5.74, 6) is 0.469. The molecule has 1 aliphatic rings. The van der Waals surface area contributed by atoms with Crippen LogP contribution in [0.25, 0.3) is 0 Å². The van der Waals surface area contributed by atoms with Crippen LogP contribution in [0.3, 0.4) is 0 Å². The highest BCUT2D eigenvalue weighted by molar-refractivity contribution is 7.92. The molecule has 30 heavy (non-hydrogen) atoms. The molecule has 1 atom stereocenters. The molecule has 0 saturated carbocycles. The van der Waals surface area contributed by atoms with Gasteiger partial charge in [-0.25, -0.2) is 8.42 Å². The van der Waals surface area contributed by atoms with Crippen LogP contribution in [-0.4, -0.2) is 34.1 Å². The highest BCUT2D eigenvalue weighted by atomic mass is 32.2. The quantitative estimate of drug-likeness (QED) is 0.679. The van der Waals surface area contributed by atoms with Crippen molar-refractivity contribution in [3.05, 3.63) is 78.9 Å². The second-order valence-corrected chi connectivity index (χ2v) is 8.51. The van der Waals surface area contributed by atoms with Crippen LogP contribution in [0.4, 0.5) is 11.4 Å². The van der Waals surface area contributed by atoms with Gasteiger partial charge < -0.3 is 14.8 Å². The minimum Gasteiger partial charge on any atom is -0.497 e. The van der Waals surface area contributed by atoms with Gasteiger partial charge in [0.1, 0.15) is 11.5 Å². The van der Waals surface area contributed by atoms with Gasteiger partial charge in [-0.15, -0.1) is 0 Å². The van der Waals surface area contributed by atoms with Gasteiger partial charge in [0.05, 0.1) is 24.2 Å². The molecule has 3 aromatic carbocycles. The Morgan fingerprint density at radius 2 is 1.77 bits per heavy atom. The predicted molar refractivity (Wildman–Crippen MR) is 113 cm³/mol. The first-order valence-corrected chi connectivity index (χ1v) is 10.7. The van der Waals surface area contributed by atoms with E-state index in [0.29, 0.717) is 22.9 Å². The molecule has 0 spiro atoms. The number of fused-ring (bicyclic) bond motifs is 1. The largest absolute Gasteiger partial charge is 0.497 e. The number of hydrogen-bond donors (Lipinski definition) is 1. The topological polar surface area (TPSA) is 84.9 Å². The van der Waals surface area contributed by atoms with E-state index in [0.717, 1.165) is 0 Å². The first kappa shape index (κ1) is 19.8. The number of hydrogen-bond acceptors (Lipinski definition) is 5. The average Bonchev–Trinajstić information content (AvgIpc) is 2.79. The maximum Gasteiger partial charge on any atom is 0.267 e. The van der Waals surface area contributed by atoms with Crippen LogP contribution < -0.4 is 19.1 Å². The minimum atomic E-state index is -3.87.